The number of allylic oxidation sites excluding steroid dienone is 9. The van der Waals surface area contributed by atoms with E-state index in [1.807, 2.05) is 24.5 Å². The summed E-state index contributed by atoms with van der Waals surface area (Å²) in [6.45, 7) is 4.68. The molecule has 8 aromatic carbocycles. The van der Waals surface area contributed by atoms with Gasteiger partial charge in [0.25, 0.3) is 0 Å². The Morgan fingerprint density at radius 2 is 1.13 bits per heavy atom. The SMILES string of the molecule is CC1C=C(n2c3ccccc3c3cc(-c4cc(C5=CC(c6ccc7c(c6)c6cc(-c8ccccc8-c8ccccn8)ccc6n7-c6ccccc6)=CCC5)cc5c6c(oc45)C=CC(C)(c4ccccc4-c4ccccn4)C6)ccc32)C=CC1. The van der Waals surface area contributed by atoms with Crippen LogP contribution in [0, 0.1) is 5.92 Å². The fourth-order valence-corrected chi connectivity index (χ4v) is 13.8. The predicted molar refractivity (Wildman–Crippen MR) is 346 cm³/mol. The zero-order valence-electron chi connectivity index (χ0n) is 46.4. The molecule has 5 aromatic heterocycles. The van der Waals surface area contributed by atoms with Crippen molar-refractivity contribution in [2.24, 2.45) is 5.92 Å². The van der Waals surface area contributed by atoms with Crippen molar-refractivity contribution in [2.75, 3.05) is 0 Å². The third-order valence-corrected chi connectivity index (χ3v) is 17.8. The average molecular weight is 1070 g/mol. The maximum atomic E-state index is 7.18. The summed E-state index contributed by atoms with van der Waals surface area (Å²) in [4.78, 5) is 9.60. The first-order chi connectivity index (χ1) is 40.9. The van der Waals surface area contributed by atoms with Gasteiger partial charge in [-0.3, -0.25) is 9.97 Å². The van der Waals surface area contributed by atoms with Crippen molar-refractivity contribution in [1.29, 1.82) is 0 Å². The minimum atomic E-state index is -0.319. The highest BCUT2D eigenvalue weighted by Gasteiger charge is 2.34. The van der Waals surface area contributed by atoms with Crippen LogP contribution in [-0.4, -0.2) is 19.1 Å². The van der Waals surface area contributed by atoms with Crippen LogP contribution >= 0.6 is 0 Å². The van der Waals surface area contributed by atoms with Crippen LogP contribution in [0.25, 0.3) is 128 Å². The van der Waals surface area contributed by atoms with Gasteiger partial charge in [-0.15, -0.1) is 0 Å². The van der Waals surface area contributed by atoms with Gasteiger partial charge in [0.15, 0.2) is 0 Å². The van der Waals surface area contributed by atoms with E-state index in [1.54, 1.807) is 0 Å². The zero-order chi connectivity index (χ0) is 55.2. The van der Waals surface area contributed by atoms with Gasteiger partial charge >= 0.3 is 0 Å². The molecular formula is C78H58N4O. The van der Waals surface area contributed by atoms with Crippen molar-refractivity contribution in [3.63, 3.8) is 0 Å². The lowest BCUT2D eigenvalue weighted by Gasteiger charge is -2.31. The van der Waals surface area contributed by atoms with Crippen LogP contribution in [0.1, 0.15) is 61.1 Å². The number of aromatic nitrogens is 4. The van der Waals surface area contributed by atoms with Gasteiger partial charge in [-0.1, -0.05) is 159 Å². The molecule has 5 nitrogen and oxygen atoms in total. The Bertz CT molecular complexity index is 4930. The molecule has 5 heteroatoms. The van der Waals surface area contributed by atoms with E-state index < -0.39 is 0 Å². The molecule has 0 spiro atoms. The summed E-state index contributed by atoms with van der Waals surface area (Å²) in [5.74, 6) is 1.40. The summed E-state index contributed by atoms with van der Waals surface area (Å²) in [6, 6.07) is 75.3. The lowest BCUT2D eigenvalue weighted by Crippen LogP contribution is -2.25. The van der Waals surface area contributed by atoms with E-state index in [2.05, 4.69) is 260 Å². The highest BCUT2D eigenvalue weighted by atomic mass is 16.3. The second-order valence-corrected chi connectivity index (χ2v) is 23.1. The highest BCUT2D eigenvalue weighted by Crippen LogP contribution is 2.48. The summed E-state index contributed by atoms with van der Waals surface area (Å²) >= 11 is 0. The first-order valence-corrected chi connectivity index (χ1v) is 29.2. The predicted octanol–water partition coefficient (Wildman–Crippen LogP) is 20.3. The van der Waals surface area contributed by atoms with Crippen molar-refractivity contribution in [3.05, 3.63) is 283 Å². The van der Waals surface area contributed by atoms with Gasteiger partial charge in [-0.2, -0.15) is 0 Å². The summed E-state index contributed by atoms with van der Waals surface area (Å²) in [7, 11) is 0. The summed E-state index contributed by atoms with van der Waals surface area (Å²) in [5.41, 5.74) is 24.0. The van der Waals surface area contributed by atoms with E-state index in [0.717, 1.165) is 87.5 Å². The van der Waals surface area contributed by atoms with Crippen LogP contribution < -0.4 is 0 Å². The molecule has 0 saturated heterocycles. The van der Waals surface area contributed by atoms with Gasteiger partial charge in [0, 0.05) is 78.4 Å². The molecule has 13 aromatic rings. The van der Waals surface area contributed by atoms with Crippen LogP contribution in [0.5, 0.6) is 0 Å². The normalized spacial score (nSPS) is 16.9. The third kappa shape index (κ3) is 8.21. The van der Waals surface area contributed by atoms with Gasteiger partial charge in [0.2, 0.25) is 0 Å². The fraction of sp³-hybridized carbons (Fsp3) is 0.103. The van der Waals surface area contributed by atoms with Crippen molar-refractivity contribution in [3.8, 4) is 50.5 Å². The van der Waals surface area contributed by atoms with Gasteiger partial charge in [0.05, 0.1) is 33.5 Å². The molecular weight excluding hydrogens is 1010 g/mol. The number of nitrogens with zero attached hydrogens (tertiary/aromatic N) is 4. The second-order valence-electron chi connectivity index (χ2n) is 23.1. The lowest BCUT2D eigenvalue weighted by atomic mass is 9.72. The van der Waals surface area contributed by atoms with Gasteiger partial charge < -0.3 is 13.6 Å². The highest BCUT2D eigenvalue weighted by molar-refractivity contribution is 6.14. The fourth-order valence-electron chi connectivity index (χ4n) is 13.8. The van der Waals surface area contributed by atoms with Crippen molar-refractivity contribution < 1.29 is 4.42 Å². The standard InChI is InChI=1S/C78H58N4O/c1-50-18-16-23-58(42-50)82-72-31-11-9-26-61(72)64-46-55(34-37-73(64)82)63-47-56(48-67-68-49-78(2,39-38-76(68)83-77(63)67)69-28-10-8-27-62(69)71-30-13-15-41-80-71)52-20-17-19-51(43-52)53-32-35-74-65(44-53)66-45-54(33-36-75(66)81(74)57-21-4-3-5-22-57)59-24-6-7-25-60(59)70-29-12-14-40-79-70/h3-16,19,21-48,50H,17-18,20,49H2,1-2H3. The molecule has 0 bridgehead atoms. The monoisotopic (exact) mass is 1070 g/mol. The Morgan fingerprint density at radius 3 is 1.89 bits per heavy atom. The van der Waals surface area contributed by atoms with Gasteiger partial charge in [-0.25, -0.2) is 0 Å². The largest absolute Gasteiger partial charge is 0.456 e. The van der Waals surface area contributed by atoms with Crippen LogP contribution in [-0.2, 0) is 11.8 Å². The van der Waals surface area contributed by atoms with Crippen LogP contribution in [0.2, 0.25) is 0 Å². The summed E-state index contributed by atoms with van der Waals surface area (Å²) in [6.07, 6.45) is 24.0. The summed E-state index contributed by atoms with van der Waals surface area (Å²) in [5, 5.41) is 6.07. The number of furan rings is 1. The van der Waals surface area contributed by atoms with Crippen LogP contribution in [0.15, 0.2) is 260 Å². The molecule has 0 radical (unpaired) electrons. The van der Waals surface area contributed by atoms with Crippen LogP contribution in [0.4, 0.5) is 0 Å². The Hall–Kier alpha value is -10.1. The first kappa shape index (κ1) is 48.8. The average Bonchev–Trinajstić information content (AvgIpc) is 2.31. The smallest absolute Gasteiger partial charge is 0.142 e. The molecule has 0 N–H and O–H groups in total. The molecule has 16 rings (SSSR count). The number of pyridine rings is 2. The minimum Gasteiger partial charge on any atom is -0.456 e. The second kappa shape index (κ2) is 19.6. The molecule has 2 atom stereocenters. The first-order valence-electron chi connectivity index (χ1n) is 29.2. The minimum absolute atomic E-state index is 0.319. The number of para-hydroxylation sites is 2. The molecule has 3 aliphatic carbocycles. The van der Waals surface area contributed by atoms with E-state index >= 15 is 0 Å². The Morgan fingerprint density at radius 1 is 0.518 bits per heavy atom. The lowest BCUT2D eigenvalue weighted by molar-refractivity contribution is 0.551. The van der Waals surface area contributed by atoms with Gasteiger partial charge in [0.1, 0.15) is 11.3 Å². The number of fused-ring (bicyclic) bond motifs is 9. The summed E-state index contributed by atoms with van der Waals surface area (Å²) < 4.78 is 12.0. The topological polar surface area (TPSA) is 48.8 Å². The molecule has 0 aliphatic heterocycles. The van der Waals surface area contributed by atoms with E-state index in [4.69, 9.17) is 14.4 Å². The Kier molecular flexibility index (Phi) is 11.5. The van der Waals surface area contributed by atoms with E-state index in [9.17, 15) is 0 Å². The van der Waals surface area contributed by atoms with E-state index in [1.165, 1.54) is 88.1 Å². The van der Waals surface area contributed by atoms with E-state index in [-0.39, 0.29) is 5.41 Å². The number of benzene rings is 8. The molecule has 396 valence electrons. The van der Waals surface area contributed by atoms with E-state index in [0.29, 0.717) is 5.92 Å². The van der Waals surface area contributed by atoms with Crippen molar-refractivity contribution in [1.82, 2.24) is 19.1 Å². The molecule has 0 amide bonds. The van der Waals surface area contributed by atoms with Gasteiger partial charge in [-0.05, 0) is 179 Å². The maximum absolute atomic E-state index is 7.18. The molecule has 0 fully saturated rings. The van der Waals surface area contributed by atoms with Crippen molar-refractivity contribution in [2.45, 2.75) is 44.9 Å². The number of rotatable bonds is 9. The Labute approximate surface area is 482 Å². The Balaban J connectivity index is 0.856. The molecule has 83 heavy (non-hydrogen) atoms. The number of hydrogen-bond donors (Lipinski definition) is 0. The quantitative estimate of drug-likeness (QED) is 0.145. The molecule has 0 saturated carbocycles. The van der Waals surface area contributed by atoms with Crippen molar-refractivity contribution >= 4 is 77.5 Å². The van der Waals surface area contributed by atoms with Crippen LogP contribution in [0.3, 0.4) is 0 Å². The number of hydrogen-bond acceptors (Lipinski definition) is 3. The maximum Gasteiger partial charge on any atom is 0.142 e. The third-order valence-electron chi connectivity index (χ3n) is 17.8. The molecule has 5 heterocycles. The zero-order valence-corrected chi connectivity index (χ0v) is 46.4. The molecule has 3 aliphatic rings. The molecule has 2 unspecified atom stereocenters.